The predicted octanol–water partition coefficient (Wildman–Crippen LogP) is 4.20. The van der Waals surface area contributed by atoms with Crippen molar-refractivity contribution in [3.8, 4) is 0 Å². The summed E-state index contributed by atoms with van der Waals surface area (Å²) in [5.41, 5.74) is 0. The highest BCUT2D eigenvalue weighted by Crippen LogP contribution is 2.02. The molecule has 0 saturated carbocycles. The highest BCUT2D eigenvalue weighted by Gasteiger charge is 2.11. The van der Waals surface area contributed by atoms with Gasteiger partial charge in [0.1, 0.15) is 0 Å². The Bertz CT molecular complexity index is 208. The molecule has 5 nitrogen and oxygen atoms in total. The molecule has 0 rings (SSSR count). The second kappa shape index (κ2) is 13.6. The molecule has 19 heavy (non-hydrogen) atoms. The van der Waals surface area contributed by atoms with Crippen molar-refractivity contribution in [3.05, 3.63) is 0 Å². The minimum Gasteiger partial charge on any atom is -0.434 e. The standard InChI is InChI=1S/C14H28O5/c1-4-6-8-10-11-16-14(15)18-13(3)19-17-12-9-7-5-2/h13H,4-12H2,1-3H3. The first-order valence-corrected chi connectivity index (χ1v) is 7.32. The highest BCUT2D eigenvalue weighted by molar-refractivity contribution is 5.59. The third-order valence-electron chi connectivity index (χ3n) is 2.51. The Morgan fingerprint density at radius 2 is 1.58 bits per heavy atom. The van der Waals surface area contributed by atoms with Gasteiger partial charge in [0.15, 0.2) is 0 Å². The van der Waals surface area contributed by atoms with Gasteiger partial charge in [0, 0.05) is 6.92 Å². The van der Waals surface area contributed by atoms with Gasteiger partial charge in [-0.3, -0.25) is 0 Å². The average Bonchev–Trinajstić information content (AvgIpc) is 2.38. The molecule has 0 aliphatic rings. The van der Waals surface area contributed by atoms with Crippen molar-refractivity contribution in [3.63, 3.8) is 0 Å². The van der Waals surface area contributed by atoms with Crippen LogP contribution in [-0.4, -0.2) is 25.7 Å². The average molecular weight is 276 g/mol. The molecule has 0 aliphatic carbocycles. The van der Waals surface area contributed by atoms with Crippen LogP contribution in [0.4, 0.5) is 4.79 Å². The number of hydrogen-bond acceptors (Lipinski definition) is 5. The first-order valence-electron chi connectivity index (χ1n) is 7.32. The van der Waals surface area contributed by atoms with E-state index in [-0.39, 0.29) is 0 Å². The van der Waals surface area contributed by atoms with Crippen LogP contribution in [0.25, 0.3) is 0 Å². The van der Waals surface area contributed by atoms with Gasteiger partial charge in [0.2, 0.25) is 6.29 Å². The van der Waals surface area contributed by atoms with Crippen molar-refractivity contribution in [2.24, 2.45) is 0 Å². The molecule has 0 fully saturated rings. The summed E-state index contributed by atoms with van der Waals surface area (Å²) in [6, 6.07) is 0. The van der Waals surface area contributed by atoms with Gasteiger partial charge < -0.3 is 9.47 Å². The molecule has 0 aromatic heterocycles. The van der Waals surface area contributed by atoms with Crippen molar-refractivity contribution in [1.29, 1.82) is 0 Å². The molecule has 114 valence electrons. The SMILES string of the molecule is CCCCCCOC(=O)OC(C)OOCCCCC. The van der Waals surface area contributed by atoms with Crippen LogP contribution in [0.15, 0.2) is 0 Å². The van der Waals surface area contributed by atoms with Crippen LogP contribution in [0, 0.1) is 0 Å². The zero-order chi connectivity index (χ0) is 14.3. The number of ether oxygens (including phenoxy) is 2. The van der Waals surface area contributed by atoms with Crippen molar-refractivity contribution in [2.45, 2.75) is 72.0 Å². The lowest BCUT2D eigenvalue weighted by atomic mass is 10.2. The van der Waals surface area contributed by atoms with Gasteiger partial charge >= 0.3 is 6.16 Å². The summed E-state index contributed by atoms with van der Waals surface area (Å²) in [4.78, 5) is 21.0. The third-order valence-corrected chi connectivity index (χ3v) is 2.51. The van der Waals surface area contributed by atoms with Crippen molar-refractivity contribution in [2.75, 3.05) is 13.2 Å². The van der Waals surface area contributed by atoms with Crippen molar-refractivity contribution >= 4 is 6.16 Å². The summed E-state index contributed by atoms with van der Waals surface area (Å²) < 4.78 is 9.76. The Labute approximate surface area is 116 Å². The fourth-order valence-electron chi connectivity index (χ4n) is 1.43. The molecule has 0 heterocycles. The van der Waals surface area contributed by atoms with Crippen LogP contribution < -0.4 is 0 Å². The Hall–Kier alpha value is -0.810. The maximum Gasteiger partial charge on any atom is 0.510 e. The first-order chi connectivity index (χ1) is 9.20. The van der Waals surface area contributed by atoms with E-state index >= 15 is 0 Å². The normalized spacial score (nSPS) is 12.2. The van der Waals surface area contributed by atoms with Gasteiger partial charge in [-0.15, -0.1) is 0 Å². The quantitative estimate of drug-likeness (QED) is 0.176. The molecule has 0 bridgehead atoms. The molecule has 0 amide bonds. The van der Waals surface area contributed by atoms with E-state index in [0.29, 0.717) is 13.2 Å². The summed E-state index contributed by atoms with van der Waals surface area (Å²) in [5.74, 6) is 0. The second-order valence-corrected chi connectivity index (χ2v) is 4.47. The molecule has 0 spiro atoms. The molecular weight excluding hydrogens is 248 g/mol. The number of carbonyl (C=O) groups excluding carboxylic acids is 1. The van der Waals surface area contributed by atoms with Crippen LogP contribution in [0.5, 0.6) is 0 Å². The van der Waals surface area contributed by atoms with E-state index in [1.54, 1.807) is 6.92 Å². The van der Waals surface area contributed by atoms with Crippen LogP contribution in [-0.2, 0) is 19.2 Å². The number of unbranched alkanes of at least 4 members (excludes halogenated alkanes) is 5. The fraction of sp³-hybridized carbons (Fsp3) is 0.929. The topological polar surface area (TPSA) is 54.0 Å². The van der Waals surface area contributed by atoms with Crippen molar-refractivity contribution in [1.82, 2.24) is 0 Å². The van der Waals surface area contributed by atoms with E-state index in [0.717, 1.165) is 44.9 Å². The summed E-state index contributed by atoms with van der Waals surface area (Å²) >= 11 is 0. The van der Waals surface area contributed by atoms with Gasteiger partial charge in [0.25, 0.3) is 0 Å². The molecule has 0 saturated heterocycles. The number of rotatable bonds is 12. The van der Waals surface area contributed by atoms with Gasteiger partial charge in [-0.25, -0.2) is 9.68 Å². The monoisotopic (exact) mass is 276 g/mol. The zero-order valence-electron chi connectivity index (χ0n) is 12.5. The Morgan fingerprint density at radius 1 is 0.947 bits per heavy atom. The molecule has 0 aromatic rings. The first kappa shape index (κ1) is 18.2. The molecule has 1 atom stereocenters. The number of hydrogen-bond donors (Lipinski definition) is 0. The highest BCUT2D eigenvalue weighted by atomic mass is 17.2. The Kier molecular flexibility index (Phi) is 13.0. The van der Waals surface area contributed by atoms with Gasteiger partial charge in [-0.05, 0) is 12.8 Å². The fourth-order valence-corrected chi connectivity index (χ4v) is 1.43. The molecular formula is C14H28O5. The molecule has 0 radical (unpaired) electrons. The smallest absolute Gasteiger partial charge is 0.434 e. The number of carbonyl (C=O) groups is 1. The van der Waals surface area contributed by atoms with Gasteiger partial charge in [0.05, 0.1) is 13.2 Å². The zero-order valence-corrected chi connectivity index (χ0v) is 12.5. The molecule has 1 unspecified atom stereocenters. The lowest BCUT2D eigenvalue weighted by Crippen LogP contribution is -2.19. The summed E-state index contributed by atoms with van der Waals surface area (Å²) in [5, 5.41) is 0. The molecule has 0 aliphatic heterocycles. The summed E-state index contributed by atoms with van der Waals surface area (Å²) in [7, 11) is 0. The van der Waals surface area contributed by atoms with Crippen LogP contribution in [0.3, 0.4) is 0 Å². The van der Waals surface area contributed by atoms with Crippen LogP contribution in [0.2, 0.25) is 0 Å². The summed E-state index contributed by atoms with van der Waals surface area (Å²) in [6.07, 6.45) is 5.95. The largest absolute Gasteiger partial charge is 0.510 e. The van der Waals surface area contributed by atoms with E-state index < -0.39 is 12.4 Å². The van der Waals surface area contributed by atoms with E-state index in [1.165, 1.54) is 0 Å². The van der Waals surface area contributed by atoms with Crippen LogP contribution >= 0.6 is 0 Å². The lowest BCUT2D eigenvalue weighted by molar-refractivity contribution is -0.364. The Balaban J connectivity index is 3.37. The maximum absolute atomic E-state index is 11.2. The minimum absolute atomic E-state index is 0.392. The van der Waals surface area contributed by atoms with E-state index in [9.17, 15) is 4.79 Å². The molecule has 0 aromatic carbocycles. The van der Waals surface area contributed by atoms with Crippen LogP contribution in [0.1, 0.15) is 65.7 Å². The predicted molar refractivity (Wildman–Crippen MR) is 72.6 cm³/mol. The summed E-state index contributed by atoms with van der Waals surface area (Å²) in [6.45, 7) is 6.74. The maximum atomic E-state index is 11.2. The molecule has 5 heteroatoms. The second-order valence-electron chi connectivity index (χ2n) is 4.47. The van der Waals surface area contributed by atoms with E-state index in [2.05, 4.69) is 13.8 Å². The van der Waals surface area contributed by atoms with Gasteiger partial charge in [-0.2, -0.15) is 4.89 Å². The van der Waals surface area contributed by atoms with Gasteiger partial charge in [-0.1, -0.05) is 46.0 Å². The molecule has 0 N–H and O–H groups in total. The van der Waals surface area contributed by atoms with E-state index in [4.69, 9.17) is 19.2 Å². The lowest BCUT2D eigenvalue weighted by Gasteiger charge is -2.12. The third kappa shape index (κ3) is 13.4. The van der Waals surface area contributed by atoms with Crippen molar-refractivity contribution < 1.29 is 24.0 Å². The minimum atomic E-state index is -0.746. The van der Waals surface area contributed by atoms with E-state index in [1.807, 2.05) is 0 Å². The Morgan fingerprint density at radius 3 is 2.26 bits per heavy atom.